The van der Waals surface area contributed by atoms with Crippen LogP contribution in [0.2, 0.25) is 10.0 Å². The minimum absolute atomic E-state index is 0.0675. The topological polar surface area (TPSA) is 69.4 Å². The lowest BCUT2D eigenvalue weighted by molar-refractivity contribution is -0.385. The van der Waals surface area contributed by atoms with Gasteiger partial charge in [0.25, 0.3) is 0 Å². The molecule has 2 aromatic carbocycles. The Kier molecular flexibility index (Phi) is 5.00. The molecular weight excluding hydrogens is 374 g/mol. The van der Waals surface area contributed by atoms with Gasteiger partial charge in [-0.05, 0) is 30.3 Å². The van der Waals surface area contributed by atoms with Crippen molar-refractivity contribution >= 4 is 34.9 Å². The molecule has 0 spiro atoms. The van der Waals surface area contributed by atoms with Crippen LogP contribution in [0, 0.1) is 10.1 Å². The van der Waals surface area contributed by atoms with Crippen molar-refractivity contribution in [2.45, 2.75) is 6.18 Å². The third-order valence-electron chi connectivity index (χ3n) is 2.84. The average molecular weight is 380 g/mol. The second kappa shape index (κ2) is 6.66. The van der Waals surface area contributed by atoms with E-state index in [4.69, 9.17) is 27.9 Å². The molecule has 2 rings (SSSR count). The minimum atomic E-state index is -4.77. The number of alkyl halides is 3. The molecule has 0 aliphatic carbocycles. The van der Waals surface area contributed by atoms with E-state index in [2.05, 4.69) is 0 Å². The summed E-state index contributed by atoms with van der Waals surface area (Å²) in [7, 11) is 0. The highest BCUT2D eigenvalue weighted by Crippen LogP contribution is 2.36. The zero-order chi connectivity index (χ0) is 18.1. The van der Waals surface area contributed by atoms with Gasteiger partial charge in [-0.3, -0.25) is 10.1 Å². The summed E-state index contributed by atoms with van der Waals surface area (Å²) in [5.41, 5.74) is -2.38. The van der Waals surface area contributed by atoms with Crippen molar-refractivity contribution in [3.05, 3.63) is 67.7 Å². The van der Waals surface area contributed by atoms with Crippen LogP contribution >= 0.6 is 23.2 Å². The van der Waals surface area contributed by atoms with Gasteiger partial charge in [-0.25, -0.2) is 4.79 Å². The number of benzene rings is 2. The van der Waals surface area contributed by atoms with E-state index < -0.39 is 34.1 Å². The zero-order valence-electron chi connectivity index (χ0n) is 11.4. The van der Waals surface area contributed by atoms with Gasteiger partial charge in [0.15, 0.2) is 0 Å². The molecule has 0 atom stereocenters. The quantitative estimate of drug-likeness (QED) is 0.320. The lowest BCUT2D eigenvalue weighted by atomic mass is 10.1. The largest absolute Gasteiger partial charge is 0.416 e. The van der Waals surface area contributed by atoms with Gasteiger partial charge in [0.05, 0.1) is 21.1 Å². The summed E-state index contributed by atoms with van der Waals surface area (Å²) in [4.78, 5) is 21.9. The molecule has 0 radical (unpaired) electrons. The van der Waals surface area contributed by atoms with E-state index in [0.29, 0.717) is 12.1 Å². The number of nitro groups is 1. The van der Waals surface area contributed by atoms with E-state index in [0.717, 1.165) is 0 Å². The van der Waals surface area contributed by atoms with Gasteiger partial charge in [-0.2, -0.15) is 13.2 Å². The molecule has 0 heterocycles. The maximum atomic E-state index is 12.6. The van der Waals surface area contributed by atoms with Gasteiger partial charge in [0.2, 0.25) is 5.75 Å². The van der Waals surface area contributed by atoms with Crippen molar-refractivity contribution in [2.24, 2.45) is 0 Å². The number of nitrogens with zero attached hydrogens (tertiary/aromatic N) is 1. The highest BCUT2D eigenvalue weighted by Gasteiger charge is 2.33. The minimum Gasteiger partial charge on any atom is -0.416 e. The standard InChI is InChI=1S/C14H6Cl2F3NO4/c15-8-2-3-9(10(16)6-8)13(21)24-12-4-1-7(14(17,18)19)5-11(12)20(22)23/h1-6H. The van der Waals surface area contributed by atoms with Crippen molar-refractivity contribution in [3.63, 3.8) is 0 Å². The SMILES string of the molecule is O=C(Oc1ccc(C(F)(F)F)cc1[N+](=O)[O-])c1ccc(Cl)cc1Cl. The average Bonchev–Trinajstić information content (AvgIpc) is 2.45. The van der Waals surface area contributed by atoms with Gasteiger partial charge in [-0.15, -0.1) is 0 Å². The molecule has 0 saturated carbocycles. The van der Waals surface area contributed by atoms with E-state index in [1.807, 2.05) is 0 Å². The predicted octanol–water partition coefficient (Wildman–Crippen LogP) is 5.14. The van der Waals surface area contributed by atoms with Crippen LogP contribution in [-0.4, -0.2) is 10.9 Å². The Balaban J connectivity index is 2.38. The third-order valence-corrected chi connectivity index (χ3v) is 3.38. The van der Waals surface area contributed by atoms with Crippen molar-refractivity contribution in [3.8, 4) is 5.75 Å². The molecule has 0 amide bonds. The molecule has 0 fully saturated rings. The van der Waals surface area contributed by atoms with Gasteiger partial charge < -0.3 is 4.74 Å². The van der Waals surface area contributed by atoms with Crippen LogP contribution in [-0.2, 0) is 6.18 Å². The van der Waals surface area contributed by atoms with E-state index in [-0.39, 0.29) is 21.7 Å². The first-order valence-corrected chi connectivity index (χ1v) is 6.88. The number of carbonyl (C=O) groups is 1. The Morgan fingerprint density at radius 2 is 1.79 bits per heavy atom. The Bertz CT molecular complexity index is 824. The number of ether oxygens (including phenoxy) is 1. The molecule has 0 aliphatic rings. The van der Waals surface area contributed by atoms with Crippen molar-refractivity contribution in [2.75, 3.05) is 0 Å². The van der Waals surface area contributed by atoms with Crippen LogP contribution in [0.4, 0.5) is 18.9 Å². The number of nitro benzene ring substituents is 1. The van der Waals surface area contributed by atoms with E-state index in [1.165, 1.54) is 18.2 Å². The smallest absolute Gasteiger partial charge is 0.416 e. The molecule has 0 bridgehead atoms. The summed E-state index contributed by atoms with van der Waals surface area (Å²) < 4.78 is 42.7. The lowest BCUT2D eigenvalue weighted by Crippen LogP contribution is -2.12. The Morgan fingerprint density at radius 3 is 2.33 bits per heavy atom. The summed E-state index contributed by atoms with van der Waals surface area (Å²) in [5.74, 6) is -1.71. The highest BCUT2D eigenvalue weighted by molar-refractivity contribution is 6.36. The second-order valence-electron chi connectivity index (χ2n) is 4.45. The highest BCUT2D eigenvalue weighted by atomic mass is 35.5. The number of esters is 1. The van der Waals surface area contributed by atoms with E-state index in [1.54, 1.807) is 0 Å². The molecule has 10 heteroatoms. The molecule has 0 saturated heterocycles. The zero-order valence-corrected chi connectivity index (χ0v) is 12.9. The number of rotatable bonds is 3. The molecule has 126 valence electrons. The molecule has 5 nitrogen and oxygen atoms in total. The van der Waals surface area contributed by atoms with E-state index in [9.17, 15) is 28.1 Å². The van der Waals surface area contributed by atoms with E-state index >= 15 is 0 Å². The van der Waals surface area contributed by atoms with Crippen molar-refractivity contribution in [1.29, 1.82) is 0 Å². The van der Waals surface area contributed by atoms with Crippen LogP contribution in [0.1, 0.15) is 15.9 Å². The fourth-order valence-electron chi connectivity index (χ4n) is 1.73. The normalized spacial score (nSPS) is 11.2. The van der Waals surface area contributed by atoms with Gasteiger partial charge in [0, 0.05) is 11.1 Å². The fraction of sp³-hybridized carbons (Fsp3) is 0.0714. The summed E-state index contributed by atoms with van der Waals surface area (Å²) in [6.07, 6.45) is -4.77. The molecule has 0 N–H and O–H groups in total. The number of carbonyl (C=O) groups excluding carboxylic acids is 1. The molecule has 0 aliphatic heterocycles. The molecule has 0 unspecified atom stereocenters. The van der Waals surface area contributed by atoms with Crippen LogP contribution in [0.3, 0.4) is 0 Å². The monoisotopic (exact) mass is 379 g/mol. The first-order chi connectivity index (χ1) is 11.1. The van der Waals surface area contributed by atoms with Gasteiger partial charge in [0.1, 0.15) is 0 Å². The van der Waals surface area contributed by atoms with Crippen LogP contribution < -0.4 is 4.74 Å². The van der Waals surface area contributed by atoms with Crippen molar-refractivity contribution in [1.82, 2.24) is 0 Å². The summed E-state index contributed by atoms with van der Waals surface area (Å²) >= 11 is 11.5. The second-order valence-corrected chi connectivity index (χ2v) is 5.29. The maximum Gasteiger partial charge on any atom is 0.416 e. The third kappa shape index (κ3) is 3.95. The van der Waals surface area contributed by atoms with Gasteiger partial charge in [-0.1, -0.05) is 23.2 Å². The summed E-state index contributed by atoms with van der Waals surface area (Å²) in [6, 6.07) is 5.36. The Labute approximate surface area is 142 Å². The Hall–Kier alpha value is -2.32. The first-order valence-electron chi connectivity index (χ1n) is 6.12. The number of halogens is 5. The molecular formula is C14H6Cl2F3NO4. The molecule has 24 heavy (non-hydrogen) atoms. The molecule has 2 aromatic rings. The fourth-order valence-corrected chi connectivity index (χ4v) is 2.22. The summed E-state index contributed by atoms with van der Waals surface area (Å²) in [6.45, 7) is 0. The lowest BCUT2D eigenvalue weighted by Gasteiger charge is -2.09. The van der Waals surface area contributed by atoms with Crippen molar-refractivity contribution < 1.29 is 27.6 Å². The predicted molar refractivity (Wildman–Crippen MR) is 79.5 cm³/mol. The van der Waals surface area contributed by atoms with Crippen LogP contribution in [0.15, 0.2) is 36.4 Å². The van der Waals surface area contributed by atoms with Gasteiger partial charge >= 0.3 is 17.8 Å². The molecule has 0 aromatic heterocycles. The first kappa shape index (κ1) is 18.0. The Morgan fingerprint density at radius 1 is 1.12 bits per heavy atom. The van der Waals surface area contributed by atoms with Crippen LogP contribution in [0.5, 0.6) is 5.75 Å². The summed E-state index contributed by atoms with van der Waals surface area (Å²) in [5, 5.41) is 11.1. The maximum absolute atomic E-state index is 12.6. The number of hydrogen-bond acceptors (Lipinski definition) is 4. The number of hydrogen-bond donors (Lipinski definition) is 0. The van der Waals surface area contributed by atoms with Crippen LogP contribution in [0.25, 0.3) is 0 Å².